The Balaban J connectivity index is 1.92. The van der Waals surface area contributed by atoms with Crippen LogP contribution in [0.1, 0.15) is 32.6 Å². The maximum atomic E-state index is 12.1. The first-order valence-electron chi connectivity index (χ1n) is 6.41. The molecule has 1 saturated carbocycles. The Morgan fingerprint density at radius 1 is 1.41 bits per heavy atom. The highest BCUT2D eigenvalue weighted by Gasteiger charge is 2.36. The molecule has 0 aromatic rings. The number of nitrogens with two attached hydrogens (primary N) is 1. The van der Waals surface area contributed by atoms with Crippen molar-refractivity contribution >= 4 is 11.8 Å². The van der Waals surface area contributed by atoms with Gasteiger partial charge in [0.15, 0.2) is 0 Å². The third kappa shape index (κ3) is 2.77. The van der Waals surface area contributed by atoms with Gasteiger partial charge in [-0.1, -0.05) is 0 Å². The average molecular weight is 239 g/mol. The van der Waals surface area contributed by atoms with Crippen LogP contribution in [-0.2, 0) is 9.59 Å². The van der Waals surface area contributed by atoms with Gasteiger partial charge in [0.2, 0.25) is 11.8 Å². The standard InChI is InChI=1S/C12H21N3O2/c1-8(16)15-6-2-3-11(15)12(17)14-10(7-13)9-4-5-9/h9-11H,2-7,13H2,1H3,(H,14,17). The normalized spacial score (nSPS) is 25.8. The summed E-state index contributed by atoms with van der Waals surface area (Å²) in [5.41, 5.74) is 5.66. The van der Waals surface area contributed by atoms with Gasteiger partial charge in [-0.25, -0.2) is 0 Å². The Morgan fingerprint density at radius 3 is 2.65 bits per heavy atom. The summed E-state index contributed by atoms with van der Waals surface area (Å²) < 4.78 is 0. The Labute approximate surface area is 102 Å². The van der Waals surface area contributed by atoms with E-state index in [0.29, 0.717) is 19.0 Å². The molecule has 0 spiro atoms. The summed E-state index contributed by atoms with van der Waals surface area (Å²) in [4.78, 5) is 25.1. The van der Waals surface area contributed by atoms with Gasteiger partial charge in [-0.2, -0.15) is 0 Å². The zero-order valence-electron chi connectivity index (χ0n) is 10.3. The fourth-order valence-corrected chi connectivity index (χ4v) is 2.56. The van der Waals surface area contributed by atoms with E-state index in [4.69, 9.17) is 5.73 Å². The van der Waals surface area contributed by atoms with E-state index in [0.717, 1.165) is 25.7 Å². The van der Waals surface area contributed by atoms with E-state index < -0.39 is 0 Å². The molecule has 2 rings (SSSR count). The molecule has 96 valence electrons. The average Bonchev–Trinajstić information content (AvgIpc) is 3.00. The zero-order valence-corrected chi connectivity index (χ0v) is 10.3. The van der Waals surface area contributed by atoms with Gasteiger partial charge in [-0.3, -0.25) is 9.59 Å². The summed E-state index contributed by atoms with van der Waals surface area (Å²) in [5, 5.41) is 3.00. The molecule has 0 bridgehead atoms. The van der Waals surface area contributed by atoms with Gasteiger partial charge in [0.05, 0.1) is 0 Å². The van der Waals surface area contributed by atoms with Gasteiger partial charge in [-0.15, -0.1) is 0 Å². The fraction of sp³-hybridized carbons (Fsp3) is 0.833. The molecule has 0 radical (unpaired) electrons. The minimum absolute atomic E-state index is 0.0154. The van der Waals surface area contributed by atoms with Crippen LogP contribution >= 0.6 is 0 Å². The first kappa shape index (κ1) is 12.4. The van der Waals surface area contributed by atoms with Crippen LogP contribution in [0.5, 0.6) is 0 Å². The number of nitrogens with one attached hydrogen (secondary N) is 1. The molecule has 1 heterocycles. The monoisotopic (exact) mass is 239 g/mol. The van der Waals surface area contributed by atoms with Crippen molar-refractivity contribution in [1.82, 2.24) is 10.2 Å². The molecule has 17 heavy (non-hydrogen) atoms. The van der Waals surface area contributed by atoms with E-state index in [1.54, 1.807) is 4.90 Å². The van der Waals surface area contributed by atoms with Crippen LogP contribution < -0.4 is 11.1 Å². The molecular weight excluding hydrogens is 218 g/mol. The zero-order chi connectivity index (χ0) is 12.4. The number of rotatable bonds is 4. The van der Waals surface area contributed by atoms with Crippen molar-refractivity contribution in [2.24, 2.45) is 11.7 Å². The molecule has 2 amide bonds. The van der Waals surface area contributed by atoms with E-state index >= 15 is 0 Å². The molecule has 5 heteroatoms. The molecule has 3 N–H and O–H groups in total. The molecule has 1 aliphatic heterocycles. The molecule has 0 aromatic carbocycles. The lowest BCUT2D eigenvalue weighted by Crippen LogP contribution is -2.50. The van der Waals surface area contributed by atoms with Crippen molar-refractivity contribution in [3.8, 4) is 0 Å². The molecule has 2 fully saturated rings. The van der Waals surface area contributed by atoms with Gasteiger partial charge in [-0.05, 0) is 31.6 Å². The fourth-order valence-electron chi connectivity index (χ4n) is 2.56. The lowest BCUT2D eigenvalue weighted by molar-refractivity contribution is -0.137. The number of nitrogens with zero attached hydrogens (tertiary/aromatic N) is 1. The van der Waals surface area contributed by atoms with Crippen LogP contribution in [0.4, 0.5) is 0 Å². The quantitative estimate of drug-likeness (QED) is 0.716. The van der Waals surface area contributed by atoms with E-state index in [9.17, 15) is 9.59 Å². The highest BCUT2D eigenvalue weighted by Crippen LogP contribution is 2.32. The summed E-state index contributed by atoms with van der Waals surface area (Å²) in [7, 11) is 0. The van der Waals surface area contributed by atoms with Gasteiger partial charge >= 0.3 is 0 Å². The number of hydrogen-bond donors (Lipinski definition) is 2. The Hall–Kier alpha value is -1.10. The molecular formula is C12H21N3O2. The Morgan fingerprint density at radius 2 is 2.12 bits per heavy atom. The minimum Gasteiger partial charge on any atom is -0.350 e. The molecule has 0 aromatic heterocycles. The number of amides is 2. The third-order valence-corrected chi connectivity index (χ3v) is 3.73. The SMILES string of the molecule is CC(=O)N1CCCC1C(=O)NC(CN)C1CC1. The van der Waals surface area contributed by atoms with E-state index in [2.05, 4.69) is 5.32 Å². The van der Waals surface area contributed by atoms with Gasteiger partial charge in [0.1, 0.15) is 6.04 Å². The summed E-state index contributed by atoms with van der Waals surface area (Å²) in [6, 6.07) is -0.183. The number of hydrogen-bond acceptors (Lipinski definition) is 3. The van der Waals surface area contributed by atoms with Crippen molar-refractivity contribution in [1.29, 1.82) is 0 Å². The van der Waals surface area contributed by atoms with Crippen molar-refractivity contribution < 1.29 is 9.59 Å². The number of carbonyl (C=O) groups excluding carboxylic acids is 2. The Bertz CT molecular complexity index is 315. The van der Waals surface area contributed by atoms with Crippen molar-refractivity contribution in [3.05, 3.63) is 0 Å². The first-order chi connectivity index (χ1) is 8.13. The topological polar surface area (TPSA) is 75.4 Å². The first-order valence-corrected chi connectivity index (χ1v) is 6.41. The van der Waals surface area contributed by atoms with Crippen LogP contribution in [0.3, 0.4) is 0 Å². The van der Waals surface area contributed by atoms with Crippen LogP contribution in [0.15, 0.2) is 0 Å². The second-order valence-corrected chi connectivity index (χ2v) is 5.06. The second kappa shape index (κ2) is 5.04. The second-order valence-electron chi connectivity index (χ2n) is 5.06. The summed E-state index contributed by atoms with van der Waals surface area (Å²) in [6.45, 7) is 2.71. The van der Waals surface area contributed by atoms with Crippen LogP contribution in [-0.4, -0.2) is 41.9 Å². The highest BCUT2D eigenvalue weighted by atomic mass is 16.2. The summed E-state index contributed by atoms with van der Waals surface area (Å²) in [6.07, 6.45) is 3.99. The van der Waals surface area contributed by atoms with Gasteiger partial charge in [0, 0.05) is 26.1 Å². The molecule has 1 saturated heterocycles. The lowest BCUT2D eigenvalue weighted by Gasteiger charge is -2.25. The number of carbonyl (C=O) groups is 2. The van der Waals surface area contributed by atoms with Crippen molar-refractivity contribution in [2.75, 3.05) is 13.1 Å². The predicted molar refractivity (Wildman–Crippen MR) is 64.1 cm³/mol. The van der Waals surface area contributed by atoms with E-state index in [1.807, 2.05) is 0 Å². The molecule has 5 nitrogen and oxygen atoms in total. The van der Waals surface area contributed by atoms with E-state index in [-0.39, 0.29) is 23.9 Å². The van der Waals surface area contributed by atoms with Crippen LogP contribution in [0.2, 0.25) is 0 Å². The highest BCUT2D eigenvalue weighted by molar-refractivity contribution is 5.87. The van der Waals surface area contributed by atoms with Crippen LogP contribution in [0, 0.1) is 5.92 Å². The summed E-state index contributed by atoms with van der Waals surface area (Å²) in [5.74, 6) is 0.509. The molecule has 2 unspecified atom stereocenters. The molecule has 2 aliphatic rings. The number of likely N-dealkylation sites (tertiary alicyclic amines) is 1. The van der Waals surface area contributed by atoms with E-state index in [1.165, 1.54) is 6.92 Å². The maximum Gasteiger partial charge on any atom is 0.243 e. The van der Waals surface area contributed by atoms with Gasteiger partial charge in [0.25, 0.3) is 0 Å². The predicted octanol–water partition coefficient (Wildman–Crippen LogP) is -0.149. The smallest absolute Gasteiger partial charge is 0.243 e. The largest absolute Gasteiger partial charge is 0.350 e. The molecule has 1 aliphatic carbocycles. The van der Waals surface area contributed by atoms with Crippen molar-refractivity contribution in [3.63, 3.8) is 0 Å². The lowest BCUT2D eigenvalue weighted by atomic mass is 10.1. The van der Waals surface area contributed by atoms with Crippen LogP contribution in [0.25, 0.3) is 0 Å². The third-order valence-electron chi connectivity index (χ3n) is 3.73. The maximum absolute atomic E-state index is 12.1. The van der Waals surface area contributed by atoms with Crippen molar-refractivity contribution in [2.45, 2.75) is 44.7 Å². The molecule has 2 atom stereocenters. The van der Waals surface area contributed by atoms with Gasteiger partial charge < -0.3 is 16.0 Å². The summed E-state index contributed by atoms with van der Waals surface area (Å²) >= 11 is 0. The minimum atomic E-state index is -0.278. The Kier molecular flexibility index (Phi) is 3.66.